The van der Waals surface area contributed by atoms with Gasteiger partial charge < -0.3 is 18.6 Å². The second kappa shape index (κ2) is 9.58. The number of aryl methyl sites for hydroxylation is 2. The van der Waals surface area contributed by atoms with Crippen molar-refractivity contribution in [2.24, 2.45) is 0 Å². The maximum atomic E-state index is 12.9. The Morgan fingerprint density at radius 3 is 2.26 bits per heavy atom. The van der Waals surface area contributed by atoms with Gasteiger partial charge in [-0.3, -0.25) is 4.79 Å². The van der Waals surface area contributed by atoms with Crippen LogP contribution in [0.5, 0.6) is 23.0 Å². The maximum absolute atomic E-state index is 12.9. The summed E-state index contributed by atoms with van der Waals surface area (Å²) in [5.74, 6) is -0.0745. The highest BCUT2D eigenvalue weighted by atomic mass is 35.5. The van der Waals surface area contributed by atoms with Crippen LogP contribution in [0.4, 0.5) is 0 Å². The number of benzene rings is 3. The zero-order chi connectivity index (χ0) is 24.6. The fourth-order valence-corrected chi connectivity index (χ4v) is 3.97. The fourth-order valence-electron chi connectivity index (χ4n) is 3.40. The first-order chi connectivity index (χ1) is 16.2. The van der Waals surface area contributed by atoms with Gasteiger partial charge in [-0.05, 0) is 61.4 Å². The first-order valence-corrected chi connectivity index (χ1v) is 11.1. The van der Waals surface area contributed by atoms with E-state index >= 15 is 0 Å². The number of halogens is 3. The van der Waals surface area contributed by atoms with Crippen LogP contribution in [0.2, 0.25) is 15.1 Å². The molecule has 0 aliphatic heterocycles. The molecule has 0 aliphatic carbocycles. The molecule has 174 valence electrons. The predicted octanol–water partition coefficient (Wildman–Crippen LogP) is 7.39. The zero-order valence-electron chi connectivity index (χ0n) is 18.2. The third-order valence-electron chi connectivity index (χ3n) is 5.03. The van der Waals surface area contributed by atoms with Crippen molar-refractivity contribution < 1.29 is 23.4 Å². The van der Waals surface area contributed by atoms with Gasteiger partial charge in [-0.25, -0.2) is 4.79 Å². The molecule has 4 rings (SSSR count). The molecule has 0 N–H and O–H groups in total. The zero-order valence-corrected chi connectivity index (χ0v) is 20.5. The SMILES string of the molecule is COc1c(Cl)ccc(Cl)c1C(=O)Oc1ccc2c(=O)c(Oc3cc(C)c(Cl)c(C)c3)coc2c1. The van der Waals surface area contributed by atoms with Crippen LogP contribution in [0, 0.1) is 13.8 Å². The van der Waals surface area contributed by atoms with E-state index in [-0.39, 0.29) is 49.3 Å². The molecule has 9 heteroatoms. The number of rotatable bonds is 5. The number of carbonyl (C=O) groups excluding carboxylic acids is 1. The summed E-state index contributed by atoms with van der Waals surface area (Å²) in [4.78, 5) is 25.7. The first kappa shape index (κ1) is 24.0. The van der Waals surface area contributed by atoms with Gasteiger partial charge >= 0.3 is 5.97 Å². The summed E-state index contributed by atoms with van der Waals surface area (Å²) in [7, 11) is 1.37. The minimum Gasteiger partial charge on any atom is -0.494 e. The Balaban J connectivity index is 1.63. The molecule has 0 atom stereocenters. The van der Waals surface area contributed by atoms with Crippen molar-refractivity contribution in [3.63, 3.8) is 0 Å². The van der Waals surface area contributed by atoms with Gasteiger partial charge in [-0.15, -0.1) is 0 Å². The smallest absolute Gasteiger partial charge is 0.348 e. The number of carbonyl (C=O) groups is 1. The number of methoxy groups -OCH3 is 1. The lowest BCUT2D eigenvalue weighted by molar-refractivity contribution is 0.0731. The molecule has 0 aliphatic rings. The molecule has 6 nitrogen and oxygen atoms in total. The quantitative estimate of drug-likeness (QED) is 0.202. The summed E-state index contributed by atoms with van der Waals surface area (Å²) in [6, 6.07) is 10.8. The van der Waals surface area contributed by atoms with Gasteiger partial charge in [-0.1, -0.05) is 34.8 Å². The molecule has 0 saturated heterocycles. The third-order valence-corrected chi connectivity index (χ3v) is 6.24. The van der Waals surface area contributed by atoms with Crippen LogP contribution >= 0.6 is 34.8 Å². The molecule has 4 aromatic rings. The average molecular weight is 520 g/mol. The number of fused-ring (bicyclic) bond motifs is 1. The first-order valence-electron chi connectivity index (χ1n) is 9.94. The Morgan fingerprint density at radius 1 is 0.912 bits per heavy atom. The van der Waals surface area contributed by atoms with Crippen LogP contribution in [0.3, 0.4) is 0 Å². The largest absolute Gasteiger partial charge is 0.494 e. The summed E-state index contributed by atoms with van der Waals surface area (Å²) in [6.45, 7) is 3.69. The van der Waals surface area contributed by atoms with Crippen molar-refractivity contribution in [2.75, 3.05) is 7.11 Å². The van der Waals surface area contributed by atoms with Gasteiger partial charge in [0.15, 0.2) is 5.75 Å². The highest BCUT2D eigenvalue weighted by Crippen LogP contribution is 2.35. The standard InChI is InChI=1S/C25H17Cl3O6/c1-12-8-15(9-13(2)22(12)28)33-20-11-32-19-10-14(4-5-16(19)23(20)29)34-25(30)21-17(26)6-7-18(27)24(21)31-3/h4-11H,1-3H3. The van der Waals surface area contributed by atoms with E-state index < -0.39 is 5.97 Å². The molecule has 0 saturated carbocycles. The molecular formula is C25H17Cl3O6. The van der Waals surface area contributed by atoms with Gasteiger partial charge in [0, 0.05) is 11.1 Å². The van der Waals surface area contributed by atoms with E-state index in [0.29, 0.717) is 10.8 Å². The summed E-state index contributed by atoms with van der Waals surface area (Å²) in [6.07, 6.45) is 1.20. The summed E-state index contributed by atoms with van der Waals surface area (Å²) in [5.41, 5.74) is 1.45. The molecule has 0 unspecified atom stereocenters. The van der Waals surface area contributed by atoms with Gasteiger partial charge in [0.1, 0.15) is 28.9 Å². The van der Waals surface area contributed by atoms with E-state index in [4.69, 9.17) is 53.4 Å². The van der Waals surface area contributed by atoms with Crippen molar-refractivity contribution in [3.05, 3.63) is 90.7 Å². The highest BCUT2D eigenvalue weighted by molar-refractivity contribution is 6.37. The van der Waals surface area contributed by atoms with E-state index in [9.17, 15) is 9.59 Å². The van der Waals surface area contributed by atoms with E-state index in [1.807, 2.05) is 13.8 Å². The van der Waals surface area contributed by atoms with Gasteiger partial charge in [0.05, 0.1) is 22.5 Å². The number of hydrogen-bond donors (Lipinski definition) is 0. The van der Waals surface area contributed by atoms with Gasteiger partial charge in [-0.2, -0.15) is 0 Å². The molecule has 0 bridgehead atoms. The molecule has 0 amide bonds. The van der Waals surface area contributed by atoms with Crippen LogP contribution < -0.4 is 19.6 Å². The Kier molecular flexibility index (Phi) is 6.75. The fraction of sp³-hybridized carbons (Fsp3) is 0.120. The number of ether oxygens (including phenoxy) is 3. The maximum Gasteiger partial charge on any atom is 0.348 e. The molecule has 34 heavy (non-hydrogen) atoms. The Morgan fingerprint density at radius 2 is 1.59 bits per heavy atom. The lowest BCUT2D eigenvalue weighted by atomic mass is 10.1. The van der Waals surface area contributed by atoms with Crippen molar-refractivity contribution in [2.45, 2.75) is 13.8 Å². The van der Waals surface area contributed by atoms with E-state index in [0.717, 1.165) is 11.1 Å². The van der Waals surface area contributed by atoms with Crippen molar-refractivity contribution >= 4 is 51.7 Å². The summed E-state index contributed by atoms with van der Waals surface area (Å²) in [5, 5.41) is 1.21. The van der Waals surface area contributed by atoms with E-state index in [1.54, 1.807) is 12.1 Å². The van der Waals surface area contributed by atoms with Crippen molar-refractivity contribution in [3.8, 4) is 23.0 Å². The second-order valence-corrected chi connectivity index (χ2v) is 8.58. The minimum atomic E-state index is -0.778. The number of hydrogen-bond acceptors (Lipinski definition) is 6. The summed E-state index contributed by atoms with van der Waals surface area (Å²) >= 11 is 18.4. The molecule has 1 aromatic heterocycles. The number of esters is 1. The molecule has 0 radical (unpaired) electrons. The Bertz CT molecular complexity index is 1470. The monoisotopic (exact) mass is 518 g/mol. The van der Waals surface area contributed by atoms with Crippen LogP contribution in [-0.4, -0.2) is 13.1 Å². The predicted molar refractivity (Wildman–Crippen MR) is 131 cm³/mol. The Hall–Kier alpha value is -3.19. The molecule has 0 spiro atoms. The van der Waals surface area contributed by atoms with Crippen molar-refractivity contribution in [1.29, 1.82) is 0 Å². The molecule has 1 heterocycles. The highest BCUT2D eigenvalue weighted by Gasteiger charge is 2.22. The summed E-state index contributed by atoms with van der Waals surface area (Å²) < 4.78 is 21.9. The minimum absolute atomic E-state index is 0.00816. The normalized spacial score (nSPS) is 10.9. The van der Waals surface area contributed by atoms with Gasteiger partial charge in [0.2, 0.25) is 11.2 Å². The lowest BCUT2D eigenvalue weighted by Crippen LogP contribution is -2.11. The van der Waals surface area contributed by atoms with Crippen LogP contribution in [0.15, 0.2) is 57.9 Å². The van der Waals surface area contributed by atoms with Crippen molar-refractivity contribution in [1.82, 2.24) is 0 Å². The average Bonchev–Trinajstić information content (AvgIpc) is 2.80. The lowest BCUT2D eigenvalue weighted by Gasteiger charge is -2.12. The van der Waals surface area contributed by atoms with Crippen LogP contribution in [-0.2, 0) is 0 Å². The van der Waals surface area contributed by atoms with E-state index in [2.05, 4.69) is 0 Å². The molecule has 3 aromatic carbocycles. The molecule has 0 fully saturated rings. The Labute approximate surface area is 209 Å². The topological polar surface area (TPSA) is 75.0 Å². The van der Waals surface area contributed by atoms with Crippen LogP contribution in [0.25, 0.3) is 11.0 Å². The van der Waals surface area contributed by atoms with E-state index in [1.165, 1.54) is 43.7 Å². The second-order valence-electron chi connectivity index (χ2n) is 7.39. The third kappa shape index (κ3) is 4.57. The van der Waals surface area contributed by atoms with Crippen LogP contribution in [0.1, 0.15) is 21.5 Å². The molecular weight excluding hydrogens is 503 g/mol. The van der Waals surface area contributed by atoms with Gasteiger partial charge in [0.25, 0.3) is 0 Å².